The highest BCUT2D eigenvalue weighted by Crippen LogP contribution is 2.57. The first-order valence-electron chi connectivity index (χ1n) is 27.8. The highest BCUT2D eigenvalue weighted by molar-refractivity contribution is 6.03. The Kier molecular flexibility index (Phi) is 12.6. The highest BCUT2D eigenvalue weighted by atomic mass is 16.5. The van der Waals surface area contributed by atoms with Gasteiger partial charge in [0.15, 0.2) is 0 Å². The molecule has 11 rings (SSSR count). The third kappa shape index (κ3) is 8.86. The van der Waals surface area contributed by atoms with Gasteiger partial charge in [-0.05, 0) is 189 Å². The predicted molar refractivity (Wildman–Crippen MR) is 331 cm³/mol. The Bertz CT molecular complexity index is 4070. The summed E-state index contributed by atoms with van der Waals surface area (Å²) in [6.07, 6.45) is 8.72. The number of fused-ring (bicyclic) bond motifs is 10. The van der Waals surface area contributed by atoms with Gasteiger partial charge >= 0.3 is 5.97 Å². The summed E-state index contributed by atoms with van der Waals surface area (Å²) >= 11 is 0. The lowest BCUT2D eigenvalue weighted by molar-refractivity contribution is 0.0597. The van der Waals surface area contributed by atoms with Gasteiger partial charge in [0.05, 0.1) is 29.9 Å². The summed E-state index contributed by atoms with van der Waals surface area (Å²) in [5.41, 5.74) is 29.4. The largest absolute Gasteiger partial charge is 0.465 e. The normalized spacial score (nSPS) is 13.6. The zero-order valence-corrected chi connectivity index (χ0v) is 49.5. The SMILES string of the molecule is COC(=O)c1cc(C(C)(C)C)cc2c1Oc1c(-c3c4nc(c(-c5c(C)cc(C)cc5C)c5ccc([nH]5)c(-c5c(C)cc(C)cc5C)c5nc(c(-c6c(C)cc(C)cc6C)c6ccc3[nH]6)C=C5)C=C4)ccc(C(C)(C)C)c1C2(C)C. The van der Waals surface area contributed by atoms with Crippen LogP contribution in [-0.4, -0.2) is 33.0 Å². The molecule has 0 amide bonds. The number of aromatic amines is 2. The van der Waals surface area contributed by atoms with Crippen LogP contribution in [-0.2, 0) is 21.0 Å². The van der Waals surface area contributed by atoms with E-state index in [0.717, 1.165) is 112 Å². The molecule has 3 aliphatic rings. The molecule has 8 bridgehead atoms. The Morgan fingerprint density at radius 1 is 0.481 bits per heavy atom. The molecule has 0 fully saturated rings. The summed E-state index contributed by atoms with van der Waals surface area (Å²) in [6.45, 7) is 37.6. The molecular formula is C72H74N4O3. The number of rotatable bonds is 5. The molecule has 0 atom stereocenters. The smallest absolute Gasteiger partial charge is 0.341 e. The molecule has 6 heterocycles. The van der Waals surface area contributed by atoms with Crippen LogP contribution < -0.4 is 4.74 Å². The molecular weight excluding hydrogens is 969 g/mol. The Balaban J connectivity index is 1.35. The summed E-state index contributed by atoms with van der Waals surface area (Å²) in [6, 6.07) is 31.1. The van der Waals surface area contributed by atoms with Gasteiger partial charge in [0, 0.05) is 66.4 Å². The second kappa shape index (κ2) is 18.8. The van der Waals surface area contributed by atoms with Crippen molar-refractivity contribution in [2.24, 2.45) is 0 Å². The van der Waals surface area contributed by atoms with Gasteiger partial charge < -0.3 is 19.4 Å². The molecule has 0 radical (unpaired) electrons. The number of carbonyl (C=O) groups excluding carboxylic acids is 1. The zero-order valence-electron chi connectivity index (χ0n) is 49.5. The molecule has 0 saturated heterocycles. The summed E-state index contributed by atoms with van der Waals surface area (Å²) in [5.74, 6) is 0.758. The van der Waals surface area contributed by atoms with Crippen molar-refractivity contribution < 1.29 is 14.3 Å². The summed E-state index contributed by atoms with van der Waals surface area (Å²) in [4.78, 5) is 33.7. The topological polar surface area (TPSA) is 92.9 Å². The average Bonchev–Trinajstić information content (AvgIpc) is 4.32. The van der Waals surface area contributed by atoms with Gasteiger partial charge in [-0.15, -0.1) is 0 Å². The van der Waals surface area contributed by atoms with E-state index < -0.39 is 11.4 Å². The first-order valence-corrected chi connectivity index (χ1v) is 27.8. The Labute approximate surface area is 467 Å². The minimum absolute atomic E-state index is 0.257. The fraction of sp³-hybridized carbons (Fsp3) is 0.292. The van der Waals surface area contributed by atoms with Crippen molar-refractivity contribution in [3.8, 4) is 56.0 Å². The number of aryl methyl sites for hydroxylation is 9. The van der Waals surface area contributed by atoms with E-state index in [4.69, 9.17) is 19.4 Å². The third-order valence-corrected chi connectivity index (χ3v) is 16.6. The van der Waals surface area contributed by atoms with Crippen molar-refractivity contribution in [3.63, 3.8) is 0 Å². The number of benzene rings is 5. The van der Waals surface area contributed by atoms with Crippen molar-refractivity contribution in [2.45, 2.75) is 134 Å². The van der Waals surface area contributed by atoms with Gasteiger partial charge in [0.1, 0.15) is 17.1 Å². The van der Waals surface area contributed by atoms with E-state index in [2.05, 4.69) is 231 Å². The van der Waals surface area contributed by atoms with Crippen LogP contribution in [0.4, 0.5) is 0 Å². The minimum atomic E-state index is -0.628. The molecule has 79 heavy (non-hydrogen) atoms. The van der Waals surface area contributed by atoms with E-state index in [1.165, 1.54) is 57.2 Å². The van der Waals surface area contributed by atoms with Crippen molar-refractivity contribution in [2.75, 3.05) is 7.11 Å². The van der Waals surface area contributed by atoms with Crippen LogP contribution in [0.2, 0.25) is 0 Å². The van der Waals surface area contributed by atoms with E-state index in [1.807, 2.05) is 6.07 Å². The maximum atomic E-state index is 14.1. The van der Waals surface area contributed by atoms with E-state index in [1.54, 1.807) is 0 Å². The predicted octanol–water partition coefficient (Wildman–Crippen LogP) is 18.9. The van der Waals surface area contributed by atoms with Crippen LogP contribution in [0.3, 0.4) is 0 Å². The number of nitrogens with one attached hydrogen (secondary N) is 2. The molecule has 0 unspecified atom stereocenters. The second-order valence-corrected chi connectivity index (χ2v) is 25.3. The van der Waals surface area contributed by atoms with E-state index in [9.17, 15) is 4.79 Å². The number of nitrogens with zero attached hydrogens (tertiary/aromatic N) is 2. The number of ether oxygens (including phenoxy) is 2. The summed E-state index contributed by atoms with van der Waals surface area (Å²) in [5, 5.41) is 0. The van der Waals surface area contributed by atoms with Gasteiger partial charge in [-0.2, -0.15) is 0 Å². The molecule has 400 valence electrons. The Morgan fingerprint density at radius 3 is 1.23 bits per heavy atom. The van der Waals surface area contributed by atoms with Crippen LogP contribution in [0.1, 0.15) is 161 Å². The van der Waals surface area contributed by atoms with Crippen LogP contribution in [0.15, 0.2) is 84.9 Å². The maximum Gasteiger partial charge on any atom is 0.341 e. The number of carbonyl (C=O) groups is 1. The van der Waals surface area contributed by atoms with Crippen molar-refractivity contribution in [1.82, 2.24) is 19.9 Å². The maximum absolute atomic E-state index is 14.1. The van der Waals surface area contributed by atoms with Crippen molar-refractivity contribution >= 4 is 52.3 Å². The lowest BCUT2D eigenvalue weighted by Crippen LogP contribution is -2.31. The molecule has 7 nitrogen and oxygen atoms in total. The van der Waals surface area contributed by atoms with Crippen LogP contribution in [0.25, 0.3) is 90.9 Å². The third-order valence-electron chi connectivity index (χ3n) is 16.6. The molecule has 5 aromatic carbocycles. The minimum Gasteiger partial charge on any atom is -0.465 e. The van der Waals surface area contributed by atoms with Gasteiger partial charge in [0.2, 0.25) is 0 Å². The first kappa shape index (κ1) is 53.0. The number of esters is 1. The number of hydrogen-bond acceptors (Lipinski definition) is 5. The fourth-order valence-corrected chi connectivity index (χ4v) is 13.3. The van der Waals surface area contributed by atoms with Crippen LogP contribution in [0, 0.1) is 62.3 Å². The lowest BCUT2D eigenvalue weighted by atomic mass is 9.67. The Hall–Kier alpha value is -8.03. The van der Waals surface area contributed by atoms with Gasteiger partial charge in [-0.3, -0.25) is 0 Å². The molecule has 3 aromatic heterocycles. The monoisotopic (exact) mass is 1040 g/mol. The molecule has 0 spiro atoms. The average molecular weight is 1040 g/mol. The molecule has 0 saturated carbocycles. The van der Waals surface area contributed by atoms with Crippen LogP contribution >= 0.6 is 0 Å². The molecule has 8 aromatic rings. The second-order valence-electron chi connectivity index (χ2n) is 25.3. The van der Waals surface area contributed by atoms with Gasteiger partial charge in [0.25, 0.3) is 0 Å². The standard InChI is InChI=1S/C72H74N4O3/c1-37-29-40(4)59(41(5)30-37)63-53-23-21-51(73-53)62(47-19-20-49(71(13,14)15)66-68(47)79-67-48(69(77)78-18)35-46(70(10,11)12)36-50(67)72(66,16)17)52-22-24-54(74-52)64(60-42(6)31-38(2)32-43(60)7)56-26-28-58(76-56)65(57-27-25-55(63)75-57)61-44(8)33-39(3)34-45(61)9/h19-36,73,76H,1-18H3. The Morgan fingerprint density at radius 2 is 0.861 bits per heavy atom. The molecule has 7 heteroatoms. The van der Waals surface area contributed by atoms with Gasteiger partial charge in [-0.25, -0.2) is 14.8 Å². The molecule has 0 aliphatic carbocycles. The quantitative estimate of drug-likeness (QED) is 0.168. The number of hydrogen-bond donors (Lipinski definition) is 2. The van der Waals surface area contributed by atoms with Gasteiger partial charge in [-0.1, -0.05) is 127 Å². The highest BCUT2D eigenvalue weighted by Gasteiger charge is 2.43. The van der Waals surface area contributed by atoms with Crippen molar-refractivity contribution in [3.05, 3.63) is 186 Å². The zero-order chi connectivity index (χ0) is 56.5. The van der Waals surface area contributed by atoms with E-state index >= 15 is 0 Å². The number of methoxy groups -OCH3 is 1. The number of H-pyrrole nitrogens is 2. The number of aromatic nitrogens is 4. The van der Waals surface area contributed by atoms with E-state index in [-0.39, 0.29) is 10.8 Å². The first-order chi connectivity index (χ1) is 37.2. The fourth-order valence-electron chi connectivity index (χ4n) is 13.3. The summed E-state index contributed by atoms with van der Waals surface area (Å²) < 4.78 is 13.0. The van der Waals surface area contributed by atoms with E-state index in [0.29, 0.717) is 17.1 Å². The molecule has 2 N–H and O–H groups in total. The molecule has 3 aliphatic heterocycles. The van der Waals surface area contributed by atoms with Crippen LogP contribution in [0.5, 0.6) is 11.5 Å². The lowest BCUT2D eigenvalue weighted by Gasteiger charge is -2.41. The van der Waals surface area contributed by atoms with Crippen molar-refractivity contribution in [1.29, 1.82) is 0 Å². The summed E-state index contributed by atoms with van der Waals surface area (Å²) in [7, 11) is 1.44.